The van der Waals surface area contributed by atoms with Crippen LogP contribution in [0.3, 0.4) is 0 Å². The van der Waals surface area contributed by atoms with Gasteiger partial charge in [-0.25, -0.2) is 5.43 Å². The average molecular weight is 317 g/mol. The minimum Gasteiger partial charge on any atom is -0.271 e. The lowest BCUT2D eigenvalue weighted by molar-refractivity contribution is 0.638. The molecule has 21 heavy (non-hydrogen) atoms. The van der Waals surface area contributed by atoms with Gasteiger partial charge in [0.1, 0.15) is 0 Å². The number of rotatable bonds is 3. The van der Waals surface area contributed by atoms with Gasteiger partial charge in [0.15, 0.2) is 0 Å². The quantitative estimate of drug-likeness (QED) is 0.543. The van der Waals surface area contributed by atoms with Gasteiger partial charge >= 0.3 is 0 Å². The molecular weight excluding hydrogens is 303 g/mol. The molecule has 3 aromatic carbocycles. The first kappa shape index (κ1) is 14.4. The SMILES string of the molecule is NNC(c1ccc2ccccc2c1)c1cc(Cl)ccc1Cl. The normalized spacial score (nSPS) is 12.5. The third-order valence-electron chi connectivity index (χ3n) is 3.54. The van der Waals surface area contributed by atoms with Crippen LogP contribution in [0.1, 0.15) is 17.2 Å². The van der Waals surface area contributed by atoms with E-state index in [2.05, 4.69) is 29.7 Å². The van der Waals surface area contributed by atoms with Crippen LogP contribution in [0.4, 0.5) is 0 Å². The topological polar surface area (TPSA) is 38.0 Å². The zero-order valence-electron chi connectivity index (χ0n) is 11.2. The van der Waals surface area contributed by atoms with Crippen molar-refractivity contribution in [2.75, 3.05) is 0 Å². The van der Waals surface area contributed by atoms with E-state index in [-0.39, 0.29) is 6.04 Å². The van der Waals surface area contributed by atoms with Crippen LogP contribution < -0.4 is 11.3 Å². The highest BCUT2D eigenvalue weighted by Crippen LogP contribution is 2.31. The molecule has 2 nitrogen and oxygen atoms in total. The van der Waals surface area contributed by atoms with E-state index >= 15 is 0 Å². The Bertz CT molecular complexity index is 787. The Morgan fingerprint density at radius 1 is 0.857 bits per heavy atom. The number of hydrazine groups is 1. The molecule has 0 spiro atoms. The number of nitrogens with one attached hydrogen (secondary N) is 1. The monoisotopic (exact) mass is 316 g/mol. The second kappa shape index (κ2) is 6.04. The predicted molar refractivity (Wildman–Crippen MR) is 89.6 cm³/mol. The molecule has 3 N–H and O–H groups in total. The molecule has 0 aliphatic rings. The summed E-state index contributed by atoms with van der Waals surface area (Å²) in [5, 5.41) is 3.62. The molecule has 0 radical (unpaired) electrons. The summed E-state index contributed by atoms with van der Waals surface area (Å²) >= 11 is 12.4. The van der Waals surface area contributed by atoms with E-state index in [4.69, 9.17) is 29.0 Å². The predicted octanol–water partition coefficient (Wildman–Crippen LogP) is 4.70. The summed E-state index contributed by atoms with van der Waals surface area (Å²) in [7, 11) is 0. The van der Waals surface area contributed by atoms with Crippen LogP contribution in [0.25, 0.3) is 10.8 Å². The highest BCUT2D eigenvalue weighted by Gasteiger charge is 2.16. The molecule has 4 heteroatoms. The van der Waals surface area contributed by atoms with Crippen molar-refractivity contribution in [3.63, 3.8) is 0 Å². The Morgan fingerprint density at radius 3 is 2.38 bits per heavy atom. The van der Waals surface area contributed by atoms with E-state index in [0.29, 0.717) is 10.0 Å². The molecule has 0 heterocycles. The Morgan fingerprint density at radius 2 is 1.62 bits per heavy atom. The summed E-state index contributed by atoms with van der Waals surface area (Å²) < 4.78 is 0. The van der Waals surface area contributed by atoms with Crippen LogP contribution in [0.15, 0.2) is 60.7 Å². The fourth-order valence-electron chi connectivity index (χ4n) is 2.49. The molecule has 3 rings (SSSR count). The largest absolute Gasteiger partial charge is 0.271 e. The molecule has 0 aromatic heterocycles. The second-order valence-corrected chi connectivity index (χ2v) is 5.72. The van der Waals surface area contributed by atoms with E-state index in [1.165, 1.54) is 5.39 Å². The third-order valence-corrected chi connectivity index (χ3v) is 4.12. The van der Waals surface area contributed by atoms with Crippen LogP contribution in [-0.2, 0) is 0 Å². The zero-order chi connectivity index (χ0) is 14.8. The van der Waals surface area contributed by atoms with Crippen LogP contribution in [0.2, 0.25) is 10.0 Å². The maximum absolute atomic E-state index is 6.28. The molecule has 106 valence electrons. The highest BCUT2D eigenvalue weighted by atomic mass is 35.5. The van der Waals surface area contributed by atoms with Gasteiger partial charge in [0.25, 0.3) is 0 Å². The summed E-state index contributed by atoms with van der Waals surface area (Å²) in [6.07, 6.45) is 0. The smallest absolute Gasteiger partial charge is 0.0725 e. The summed E-state index contributed by atoms with van der Waals surface area (Å²) in [4.78, 5) is 0. The van der Waals surface area contributed by atoms with Gasteiger partial charge in [-0.15, -0.1) is 0 Å². The van der Waals surface area contributed by atoms with Gasteiger partial charge in [-0.2, -0.15) is 0 Å². The summed E-state index contributed by atoms with van der Waals surface area (Å²) in [6.45, 7) is 0. The van der Waals surface area contributed by atoms with Crippen molar-refractivity contribution >= 4 is 34.0 Å². The van der Waals surface area contributed by atoms with Gasteiger partial charge in [-0.3, -0.25) is 5.84 Å². The molecular formula is C17H14Cl2N2. The summed E-state index contributed by atoms with van der Waals surface area (Å²) in [5.74, 6) is 5.75. The molecule has 3 aromatic rings. The highest BCUT2D eigenvalue weighted by molar-refractivity contribution is 6.33. The van der Waals surface area contributed by atoms with E-state index in [0.717, 1.165) is 16.5 Å². The molecule has 0 amide bonds. The number of hydrogen-bond acceptors (Lipinski definition) is 2. The van der Waals surface area contributed by atoms with Crippen LogP contribution in [0.5, 0.6) is 0 Å². The number of hydrogen-bond donors (Lipinski definition) is 2. The first-order valence-electron chi connectivity index (χ1n) is 6.59. The first-order chi connectivity index (χ1) is 10.2. The van der Waals surface area contributed by atoms with Gasteiger partial charge in [-0.05, 0) is 46.2 Å². The molecule has 0 saturated heterocycles. The maximum atomic E-state index is 6.28. The summed E-state index contributed by atoms with van der Waals surface area (Å²) in [5.41, 5.74) is 4.73. The van der Waals surface area contributed by atoms with Gasteiger partial charge < -0.3 is 0 Å². The fraction of sp³-hybridized carbons (Fsp3) is 0.0588. The van der Waals surface area contributed by atoms with Crippen molar-refractivity contribution in [2.24, 2.45) is 5.84 Å². The Balaban J connectivity index is 2.11. The van der Waals surface area contributed by atoms with Gasteiger partial charge in [0, 0.05) is 10.0 Å². The molecule has 1 unspecified atom stereocenters. The molecule has 0 fully saturated rings. The lowest BCUT2D eigenvalue weighted by Crippen LogP contribution is -2.29. The molecule has 0 aliphatic heterocycles. The first-order valence-corrected chi connectivity index (χ1v) is 7.34. The van der Waals surface area contributed by atoms with E-state index < -0.39 is 0 Å². The third kappa shape index (κ3) is 2.89. The lowest BCUT2D eigenvalue weighted by Gasteiger charge is -2.19. The second-order valence-electron chi connectivity index (χ2n) is 4.87. The standard InChI is InChI=1S/C17H14Cl2N2/c18-14-7-8-16(19)15(10-14)17(21-20)13-6-5-11-3-1-2-4-12(11)9-13/h1-10,17,21H,20H2. The van der Waals surface area contributed by atoms with Crippen molar-refractivity contribution in [1.29, 1.82) is 0 Å². The van der Waals surface area contributed by atoms with Gasteiger partial charge in [0.2, 0.25) is 0 Å². The number of benzene rings is 3. The lowest BCUT2D eigenvalue weighted by atomic mass is 9.96. The van der Waals surface area contributed by atoms with Crippen LogP contribution >= 0.6 is 23.2 Å². The van der Waals surface area contributed by atoms with Crippen LogP contribution in [-0.4, -0.2) is 0 Å². The van der Waals surface area contributed by atoms with Gasteiger partial charge in [-0.1, -0.05) is 59.6 Å². The molecule has 1 atom stereocenters. The van der Waals surface area contributed by atoms with Crippen molar-refractivity contribution in [3.05, 3.63) is 81.8 Å². The average Bonchev–Trinajstić information content (AvgIpc) is 2.51. The number of fused-ring (bicyclic) bond motifs is 1. The zero-order valence-corrected chi connectivity index (χ0v) is 12.7. The fourth-order valence-corrected chi connectivity index (χ4v) is 2.90. The maximum Gasteiger partial charge on any atom is 0.0725 e. The Kier molecular flexibility index (Phi) is 4.13. The summed E-state index contributed by atoms with van der Waals surface area (Å²) in [6, 6.07) is 19.6. The van der Waals surface area contributed by atoms with E-state index in [1.54, 1.807) is 12.1 Å². The van der Waals surface area contributed by atoms with E-state index in [1.807, 2.05) is 24.3 Å². The van der Waals surface area contributed by atoms with Gasteiger partial charge in [0.05, 0.1) is 6.04 Å². The van der Waals surface area contributed by atoms with Crippen LogP contribution in [0, 0.1) is 0 Å². The van der Waals surface area contributed by atoms with Crippen molar-refractivity contribution in [1.82, 2.24) is 5.43 Å². The van der Waals surface area contributed by atoms with Crippen molar-refractivity contribution in [2.45, 2.75) is 6.04 Å². The minimum absolute atomic E-state index is 0.208. The number of nitrogens with two attached hydrogens (primary N) is 1. The van der Waals surface area contributed by atoms with Crippen molar-refractivity contribution in [3.8, 4) is 0 Å². The molecule has 0 bridgehead atoms. The Labute approximate surface area is 133 Å². The molecule has 0 saturated carbocycles. The number of halogens is 2. The minimum atomic E-state index is -0.208. The Hall–Kier alpha value is -1.58. The molecule has 0 aliphatic carbocycles. The van der Waals surface area contributed by atoms with Crippen molar-refractivity contribution < 1.29 is 0 Å². The van der Waals surface area contributed by atoms with E-state index in [9.17, 15) is 0 Å².